The van der Waals surface area contributed by atoms with E-state index in [4.69, 9.17) is 0 Å². The third-order valence-electron chi connectivity index (χ3n) is 2.19. The van der Waals surface area contributed by atoms with Crippen LogP contribution in [0.5, 0.6) is 0 Å². The molecule has 0 spiro atoms. The van der Waals surface area contributed by atoms with E-state index < -0.39 is 0 Å². The van der Waals surface area contributed by atoms with Crippen molar-refractivity contribution in [3.63, 3.8) is 0 Å². The van der Waals surface area contributed by atoms with Crippen LogP contribution in [0.1, 0.15) is 12.6 Å². The van der Waals surface area contributed by atoms with Crippen LogP contribution in [-0.4, -0.2) is 14.8 Å². The molecule has 0 saturated carbocycles. The number of nitrogens with zero attached hydrogens (tertiary/aromatic N) is 1. The predicted molar refractivity (Wildman–Crippen MR) is 59.8 cm³/mol. The summed E-state index contributed by atoms with van der Waals surface area (Å²) in [6.07, 6.45) is 0. The first kappa shape index (κ1) is 10.0. The van der Waals surface area contributed by atoms with Gasteiger partial charge >= 0.3 is 5.69 Å². The average molecular weight is 277 g/mol. The number of nitrogens with one attached hydrogen (secondary N) is 1. The Morgan fingerprint density at radius 2 is 2.29 bits per heavy atom. The second-order valence-corrected chi connectivity index (χ2v) is 5.47. The molecular formula is C8H9BrN2O2S. The molecule has 2 heterocycles. The lowest BCUT2D eigenvalue weighted by molar-refractivity contribution is 0.602. The van der Waals surface area contributed by atoms with Crippen LogP contribution in [0.4, 0.5) is 0 Å². The molecule has 1 aliphatic rings. The van der Waals surface area contributed by atoms with Crippen molar-refractivity contribution in [2.45, 2.75) is 24.5 Å². The Labute approximate surface area is 92.8 Å². The molecule has 1 N–H and O–H groups in total. The Kier molecular flexibility index (Phi) is 2.57. The van der Waals surface area contributed by atoms with Crippen LogP contribution < -0.4 is 11.2 Å². The Hall–Kier alpha value is -0.490. The van der Waals surface area contributed by atoms with E-state index in [1.54, 1.807) is 16.3 Å². The number of fused-ring (bicyclic) bond motifs is 1. The van der Waals surface area contributed by atoms with Gasteiger partial charge in [-0.25, -0.2) is 4.79 Å². The largest absolute Gasteiger partial charge is 0.328 e. The Balaban J connectivity index is 2.69. The third kappa shape index (κ3) is 1.56. The van der Waals surface area contributed by atoms with Gasteiger partial charge in [-0.2, -0.15) is 11.8 Å². The summed E-state index contributed by atoms with van der Waals surface area (Å²) in [4.78, 5) is 25.0. The van der Waals surface area contributed by atoms with Crippen LogP contribution >= 0.6 is 27.7 Å². The molecule has 6 heteroatoms. The number of hydrogen-bond acceptors (Lipinski definition) is 3. The lowest BCUT2D eigenvalue weighted by Crippen LogP contribution is -2.37. The highest BCUT2D eigenvalue weighted by Crippen LogP contribution is 2.26. The number of aromatic nitrogens is 2. The number of aromatic amines is 1. The lowest BCUT2D eigenvalue weighted by Gasteiger charge is -2.23. The molecule has 1 aromatic rings. The van der Waals surface area contributed by atoms with E-state index in [-0.39, 0.29) is 11.2 Å². The molecule has 1 atom stereocenters. The second kappa shape index (κ2) is 3.58. The maximum Gasteiger partial charge on any atom is 0.328 e. The Morgan fingerprint density at radius 3 is 3.00 bits per heavy atom. The van der Waals surface area contributed by atoms with Crippen molar-refractivity contribution in [2.75, 3.05) is 0 Å². The molecule has 0 fully saturated rings. The van der Waals surface area contributed by atoms with Gasteiger partial charge in [0.15, 0.2) is 0 Å². The van der Waals surface area contributed by atoms with E-state index in [2.05, 4.69) is 27.8 Å². The Morgan fingerprint density at radius 1 is 1.57 bits per heavy atom. The van der Waals surface area contributed by atoms with Crippen LogP contribution in [0.3, 0.4) is 0 Å². The molecule has 0 amide bonds. The molecule has 0 radical (unpaired) electrons. The minimum Gasteiger partial charge on any atom is -0.295 e. The quantitative estimate of drug-likeness (QED) is 0.767. The van der Waals surface area contributed by atoms with Crippen LogP contribution in [0, 0.1) is 0 Å². The minimum absolute atomic E-state index is 0.305. The van der Waals surface area contributed by atoms with Crippen LogP contribution in [0.2, 0.25) is 0 Å². The zero-order valence-corrected chi connectivity index (χ0v) is 9.94. The SMILES string of the molecule is CC1Cn2c(c(Br)c(=O)[nH]c2=O)CS1. The zero-order valence-electron chi connectivity index (χ0n) is 7.54. The molecule has 0 bridgehead atoms. The first-order valence-electron chi connectivity index (χ1n) is 4.22. The highest BCUT2D eigenvalue weighted by Gasteiger charge is 2.20. The number of hydrogen-bond donors (Lipinski definition) is 1. The van der Waals surface area contributed by atoms with Crippen molar-refractivity contribution in [3.8, 4) is 0 Å². The second-order valence-electron chi connectivity index (χ2n) is 3.25. The van der Waals surface area contributed by atoms with E-state index in [1.807, 2.05) is 0 Å². The molecule has 1 unspecified atom stereocenters. The summed E-state index contributed by atoms with van der Waals surface area (Å²) >= 11 is 4.95. The summed E-state index contributed by atoms with van der Waals surface area (Å²) in [5.74, 6) is 0.709. The third-order valence-corrected chi connectivity index (χ3v) is 4.16. The summed E-state index contributed by atoms with van der Waals surface area (Å²) in [6, 6.07) is 0. The summed E-state index contributed by atoms with van der Waals surface area (Å²) in [5, 5.41) is 0.415. The predicted octanol–water partition coefficient (Wildman–Crippen LogP) is 0.934. The van der Waals surface area contributed by atoms with Gasteiger partial charge in [0, 0.05) is 17.5 Å². The van der Waals surface area contributed by atoms with Gasteiger partial charge in [-0.1, -0.05) is 6.92 Å². The van der Waals surface area contributed by atoms with Crippen molar-refractivity contribution >= 4 is 27.7 Å². The minimum atomic E-state index is -0.337. The fourth-order valence-electron chi connectivity index (χ4n) is 1.46. The Bertz CT molecular complexity index is 479. The topological polar surface area (TPSA) is 54.9 Å². The first-order chi connectivity index (χ1) is 6.59. The maximum atomic E-state index is 11.5. The number of rotatable bonds is 0. The fourth-order valence-corrected chi connectivity index (χ4v) is 3.09. The maximum absolute atomic E-state index is 11.5. The van der Waals surface area contributed by atoms with Crippen molar-refractivity contribution in [1.29, 1.82) is 0 Å². The van der Waals surface area contributed by atoms with Gasteiger partial charge in [-0.05, 0) is 15.9 Å². The normalized spacial score (nSPS) is 20.6. The zero-order chi connectivity index (χ0) is 10.3. The molecule has 76 valence electrons. The summed E-state index contributed by atoms with van der Waals surface area (Å²) in [5.41, 5.74) is 0.151. The highest BCUT2D eigenvalue weighted by molar-refractivity contribution is 9.10. The van der Waals surface area contributed by atoms with E-state index in [9.17, 15) is 9.59 Å². The van der Waals surface area contributed by atoms with Crippen molar-refractivity contribution in [2.24, 2.45) is 0 Å². The van der Waals surface area contributed by atoms with Crippen molar-refractivity contribution < 1.29 is 0 Å². The van der Waals surface area contributed by atoms with Crippen LogP contribution in [0.25, 0.3) is 0 Å². The van der Waals surface area contributed by atoms with Gasteiger partial charge < -0.3 is 0 Å². The molecule has 0 saturated heterocycles. The molecule has 4 nitrogen and oxygen atoms in total. The molecule has 2 rings (SSSR count). The first-order valence-corrected chi connectivity index (χ1v) is 6.07. The number of halogens is 1. The molecule has 0 aliphatic carbocycles. The molecule has 14 heavy (non-hydrogen) atoms. The molecule has 1 aromatic heterocycles. The van der Waals surface area contributed by atoms with E-state index in [0.29, 0.717) is 22.0 Å². The lowest BCUT2D eigenvalue weighted by atomic mass is 10.3. The van der Waals surface area contributed by atoms with Gasteiger partial charge in [0.2, 0.25) is 0 Å². The molecule has 0 aromatic carbocycles. The van der Waals surface area contributed by atoms with Crippen molar-refractivity contribution in [3.05, 3.63) is 31.0 Å². The molecular weight excluding hydrogens is 268 g/mol. The van der Waals surface area contributed by atoms with Gasteiger partial charge in [0.25, 0.3) is 5.56 Å². The fraction of sp³-hybridized carbons (Fsp3) is 0.500. The number of H-pyrrole nitrogens is 1. The molecule has 1 aliphatic heterocycles. The summed E-state index contributed by atoms with van der Waals surface area (Å²) < 4.78 is 2.11. The average Bonchev–Trinajstić information content (AvgIpc) is 2.14. The van der Waals surface area contributed by atoms with E-state index >= 15 is 0 Å². The summed E-state index contributed by atoms with van der Waals surface area (Å²) in [7, 11) is 0. The van der Waals surface area contributed by atoms with E-state index in [1.165, 1.54) is 0 Å². The highest BCUT2D eigenvalue weighted by atomic mass is 79.9. The van der Waals surface area contributed by atoms with Gasteiger partial charge in [0.05, 0.1) is 5.69 Å². The van der Waals surface area contributed by atoms with Gasteiger partial charge in [-0.3, -0.25) is 14.3 Å². The van der Waals surface area contributed by atoms with Crippen molar-refractivity contribution in [1.82, 2.24) is 9.55 Å². The standard InChI is InChI=1S/C8H9BrN2O2S/c1-4-2-11-5(3-14-4)6(9)7(12)10-8(11)13/h4H,2-3H2,1H3,(H,10,12,13). The van der Waals surface area contributed by atoms with Gasteiger partial charge in [0.1, 0.15) is 4.47 Å². The van der Waals surface area contributed by atoms with E-state index in [0.717, 1.165) is 5.69 Å². The number of thioether (sulfide) groups is 1. The van der Waals surface area contributed by atoms with Crippen LogP contribution in [0.15, 0.2) is 14.1 Å². The smallest absolute Gasteiger partial charge is 0.295 e. The summed E-state index contributed by atoms with van der Waals surface area (Å²) in [6.45, 7) is 2.73. The monoisotopic (exact) mass is 276 g/mol. The van der Waals surface area contributed by atoms with Gasteiger partial charge in [-0.15, -0.1) is 0 Å². The van der Waals surface area contributed by atoms with Crippen LogP contribution in [-0.2, 0) is 12.3 Å².